The van der Waals surface area contributed by atoms with Gasteiger partial charge in [0.1, 0.15) is 43.0 Å². The van der Waals surface area contributed by atoms with Crippen LogP contribution in [0.3, 0.4) is 0 Å². The number of carbonyl (C=O) groups excluding carboxylic acids is 6. The molecule has 4 aromatic carbocycles. The van der Waals surface area contributed by atoms with Gasteiger partial charge in [-0.1, -0.05) is 106 Å². The van der Waals surface area contributed by atoms with E-state index in [0.29, 0.717) is 91.9 Å². The Labute approximate surface area is 496 Å². The maximum Gasteiger partial charge on any atom is 0.410 e. The number of amides is 5. The van der Waals surface area contributed by atoms with Crippen LogP contribution in [0, 0.1) is 23.6 Å². The standard InChI is InChI=1S/C65H80FN9O10/c1-39(2)59(69-64(81)83-38-54-52-15-11-9-13-50(52)51-14-10-12-16-53(51)54)63(80)67-43(6)62(79)68-47-21-19-45(20-22-47)37-75(8)31-29-73(30-32-75)65(82)84-57-24-18-41(4)61(85-58(78)36-49(77)23-17-40(57)3)42(5)33-46-34-55(66)60-56(35-46)74(71-70-60)48-25-27-72(28-26-48)44(7)76/h9-16,18-22,24,33-35,39-41,43,48-49,54,57,59,61,77H,17,23,25-32,36-38H2,1-8H3,(H2-,67,68,69,79,80,81)/p+1/b24-18+,42-33+/t40-,41-,43?,49+,57-,59?,61-/m0/s1. The number of nitrogens with one attached hydrogen (secondary N) is 3. The molecule has 0 radical (unpaired) electrons. The van der Waals surface area contributed by atoms with Crippen LogP contribution in [0.1, 0.15) is 115 Å². The quantitative estimate of drug-likeness (QED) is 0.0354. The maximum absolute atomic E-state index is 15.6. The molecule has 2 saturated heterocycles. The SMILES string of the molecule is CC(=O)N1CCC(n2nnc3c(F)cc(/C=C(\C)[C@H]4OC(=O)C[C@H](O)CC[C@H](C)[C@@H](OC(=O)N5CC[N+](C)(Cc6ccc(NC(=O)C(C)NC(=O)C(NC(=O)OCC7c8ccccc8-c8ccccc87)C(C)C)cc6)CC5)/C=C/[C@@H]4C)cc32)CC1. The summed E-state index contributed by atoms with van der Waals surface area (Å²) in [5, 5.41) is 27.8. The first-order valence-electron chi connectivity index (χ1n) is 29.8. The van der Waals surface area contributed by atoms with E-state index in [-0.39, 0.29) is 54.7 Å². The average molecular weight is 1170 g/mol. The summed E-state index contributed by atoms with van der Waals surface area (Å²) in [5.41, 5.74) is 7.80. The molecule has 7 atom stereocenters. The third-order valence-electron chi connectivity index (χ3n) is 17.3. The number of fused-ring (bicyclic) bond motifs is 4. The number of hydrogen-bond donors (Lipinski definition) is 4. The summed E-state index contributed by atoms with van der Waals surface area (Å²) in [6.07, 6.45) is 3.79. The lowest BCUT2D eigenvalue weighted by molar-refractivity contribution is -0.926. The summed E-state index contributed by atoms with van der Waals surface area (Å²) in [7, 11) is 2.14. The molecule has 2 unspecified atom stereocenters. The molecule has 0 bridgehead atoms. The van der Waals surface area contributed by atoms with Crippen molar-refractivity contribution in [2.24, 2.45) is 17.8 Å². The molecule has 20 heteroatoms. The molecule has 19 nitrogen and oxygen atoms in total. The number of carbonyl (C=O) groups is 6. The van der Waals surface area contributed by atoms with Gasteiger partial charge in [0.25, 0.3) is 0 Å². The molecule has 5 amide bonds. The molecule has 0 saturated carbocycles. The van der Waals surface area contributed by atoms with E-state index < -0.39 is 72.1 Å². The molecular formula is C65H81FN9O10+. The van der Waals surface area contributed by atoms with E-state index in [1.165, 1.54) is 6.07 Å². The molecular weight excluding hydrogens is 1090 g/mol. The molecule has 2 fully saturated rings. The summed E-state index contributed by atoms with van der Waals surface area (Å²) >= 11 is 0. The van der Waals surface area contributed by atoms with Gasteiger partial charge in [-0.2, -0.15) is 0 Å². The van der Waals surface area contributed by atoms with Gasteiger partial charge in [-0.3, -0.25) is 24.1 Å². The number of piperazine rings is 1. The number of likely N-dealkylation sites (tertiary alicyclic amines) is 1. The second kappa shape index (κ2) is 26.9. The number of halogens is 1. The fraction of sp³-hybridized carbons (Fsp3) is 0.477. The van der Waals surface area contributed by atoms with Gasteiger partial charge in [-0.05, 0) is 115 Å². The highest BCUT2D eigenvalue weighted by atomic mass is 19.1. The van der Waals surface area contributed by atoms with Crippen LogP contribution in [0.4, 0.5) is 19.7 Å². The zero-order valence-corrected chi connectivity index (χ0v) is 50.0. The Morgan fingerprint density at radius 3 is 2.14 bits per heavy atom. The lowest BCUT2D eigenvalue weighted by Crippen LogP contribution is -2.58. The number of anilines is 1. The molecule has 4 aliphatic rings. The van der Waals surface area contributed by atoms with E-state index in [0.717, 1.165) is 27.8 Å². The number of benzene rings is 4. The van der Waals surface area contributed by atoms with Gasteiger partial charge < -0.3 is 44.7 Å². The molecule has 1 aromatic heterocycles. The Kier molecular flexibility index (Phi) is 19.5. The number of hydrogen-bond acceptors (Lipinski definition) is 12. The van der Waals surface area contributed by atoms with Gasteiger partial charge in [0, 0.05) is 43.1 Å². The molecule has 5 aromatic rings. The number of likely N-dealkylation sites (N-methyl/N-ethyl adjacent to an activating group) is 1. The fourth-order valence-electron chi connectivity index (χ4n) is 12.1. The zero-order valence-electron chi connectivity index (χ0n) is 50.0. The van der Waals surface area contributed by atoms with Crippen molar-refractivity contribution in [1.29, 1.82) is 0 Å². The van der Waals surface area contributed by atoms with Crippen molar-refractivity contribution in [1.82, 2.24) is 35.4 Å². The number of piperidine rings is 1. The van der Waals surface area contributed by atoms with E-state index in [4.69, 9.17) is 14.2 Å². The number of aromatic nitrogens is 3. The van der Waals surface area contributed by atoms with Crippen molar-refractivity contribution < 1.29 is 57.0 Å². The summed E-state index contributed by atoms with van der Waals surface area (Å²) < 4.78 is 36.0. The molecule has 1 aliphatic carbocycles. The van der Waals surface area contributed by atoms with E-state index in [1.807, 2.05) is 114 Å². The van der Waals surface area contributed by atoms with Gasteiger partial charge in [-0.25, -0.2) is 18.7 Å². The molecule has 3 aliphatic heterocycles. The van der Waals surface area contributed by atoms with E-state index in [9.17, 15) is 33.9 Å². The number of rotatable bonds is 14. The summed E-state index contributed by atoms with van der Waals surface area (Å²) in [4.78, 5) is 82.7. The number of quaternary nitrogens is 1. The molecule has 85 heavy (non-hydrogen) atoms. The first-order chi connectivity index (χ1) is 40.6. The van der Waals surface area contributed by atoms with E-state index in [2.05, 4.69) is 45.4 Å². The van der Waals surface area contributed by atoms with Gasteiger partial charge in [0.05, 0.1) is 57.3 Å². The summed E-state index contributed by atoms with van der Waals surface area (Å²) in [5.74, 6) is -3.06. The van der Waals surface area contributed by atoms with Crippen molar-refractivity contribution in [2.75, 3.05) is 58.2 Å². The minimum atomic E-state index is -0.975. The molecule has 0 spiro atoms. The minimum absolute atomic E-state index is 0.0148. The number of aliphatic hydroxyl groups excluding tert-OH is 1. The highest BCUT2D eigenvalue weighted by Crippen LogP contribution is 2.44. The normalized spacial score (nSPS) is 22.4. The predicted octanol–water partition coefficient (Wildman–Crippen LogP) is 8.92. The second-order valence-electron chi connectivity index (χ2n) is 24.3. The Morgan fingerprint density at radius 2 is 1.49 bits per heavy atom. The van der Waals surface area contributed by atoms with Gasteiger partial charge in [0.2, 0.25) is 17.7 Å². The monoisotopic (exact) mass is 1170 g/mol. The smallest absolute Gasteiger partial charge is 0.410 e. The maximum atomic E-state index is 15.6. The fourth-order valence-corrected chi connectivity index (χ4v) is 12.1. The van der Waals surface area contributed by atoms with Crippen molar-refractivity contribution in [2.45, 2.75) is 129 Å². The topological polar surface area (TPSA) is 224 Å². The minimum Gasteiger partial charge on any atom is -0.457 e. The highest BCUT2D eigenvalue weighted by molar-refractivity contribution is 5.98. The van der Waals surface area contributed by atoms with Gasteiger partial charge in [-0.15, -0.1) is 5.10 Å². The van der Waals surface area contributed by atoms with Crippen LogP contribution in [0.5, 0.6) is 0 Å². The predicted molar refractivity (Wildman–Crippen MR) is 320 cm³/mol. The van der Waals surface area contributed by atoms with Crippen LogP contribution in [0.2, 0.25) is 0 Å². The first-order valence-corrected chi connectivity index (χ1v) is 29.8. The Balaban J connectivity index is 0.757. The summed E-state index contributed by atoms with van der Waals surface area (Å²) in [6, 6.07) is 24.9. The third-order valence-corrected chi connectivity index (χ3v) is 17.3. The Bertz CT molecular complexity index is 3270. The average Bonchev–Trinajstić information content (AvgIpc) is 3.22. The van der Waals surface area contributed by atoms with Crippen molar-refractivity contribution in [3.63, 3.8) is 0 Å². The lowest BCUT2D eigenvalue weighted by atomic mass is 9.91. The third kappa shape index (κ3) is 14.9. The van der Waals surface area contributed by atoms with E-state index in [1.54, 1.807) is 34.4 Å². The van der Waals surface area contributed by atoms with Gasteiger partial charge in [0.15, 0.2) is 5.82 Å². The number of esters is 1. The van der Waals surface area contributed by atoms with Crippen LogP contribution in [0.15, 0.2) is 103 Å². The van der Waals surface area contributed by atoms with Crippen molar-refractivity contribution in [3.05, 3.63) is 131 Å². The number of cyclic esters (lactones) is 1. The molecule has 4 heterocycles. The molecule has 9 rings (SSSR count). The zero-order chi connectivity index (χ0) is 60.7. The van der Waals surface area contributed by atoms with Crippen molar-refractivity contribution in [3.8, 4) is 11.1 Å². The summed E-state index contributed by atoms with van der Waals surface area (Å²) in [6.45, 7) is 16.6. The largest absolute Gasteiger partial charge is 0.457 e. The number of aliphatic hydroxyl groups is 1. The Morgan fingerprint density at radius 1 is 0.835 bits per heavy atom. The van der Waals surface area contributed by atoms with Crippen LogP contribution in [-0.4, -0.2) is 154 Å². The van der Waals surface area contributed by atoms with Crippen LogP contribution in [-0.2, 0) is 39.9 Å². The molecule has 4 N–H and O–H groups in total. The Hall–Kier alpha value is -7.97. The number of ether oxygens (including phenoxy) is 3. The van der Waals surface area contributed by atoms with Gasteiger partial charge >= 0.3 is 18.2 Å². The number of alkyl carbamates (subject to hydrolysis) is 1. The van der Waals surface area contributed by atoms with Crippen LogP contribution in [0.25, 0.3) is 28.2 Å². The van der Waals surface area contributed by atoms with Crippen molar-refractivity contribution >= 4 is 58.7 Å². The number of nitrogens with zero attached hydrogens (tertiary/aromatic N) is 6. The second-order valence-corrected chi connectivity index (χ2v) is 24.3. The highest BCUT2D eigenvalue weighted by Gasteiger charge is 2.36. The van der Waals surface area contributed by atoms with E-state index >= 15 is 4.39 Å². The molecule has 452 valence electrons. The van der Waals surface area contributed by atoms with Crippen LogP contribution >= 0.6 is 0 Å². The van der Waals surface area contributed by atoms with Crippen LogP contribution < -0.4 is 16.0 Å². The lowest BCUT2D eigenvalue weighted by Gasteiger charge is -2.42. The first kappa shape index (κ1) is 61.6.